The van der Waals surface area contributed by atoms with Crippen molar-refractivity contribution in [1.82, 2.24) is 0 Å². The van der Waals surface area contributed by atoms with Gasteiger partial charge in [0.1, 0.15) is 13.2 Å². The number of rotatable bonds is 63. The molecule has 0 rings (SSSR count). The van der Waals surface area contributed by atoms with Gasteiger partial charge in [-0.1, -0.05) is 296 Å². The third kappa shape index (κ3) is 68.5. The molecule has 0 aliphatic heterocycles. The minimum Gasteiger partial charge on any atom is -0.462 e. The van der Waals surface area contributed by atoms with Crippen LogP contribution in [0, 0.1) is 0 Å². The summed E-state index contributed by atoms with van der Waals surface area (Å²) in [5.74, 6) is -0.894. The Labute approximate surface area is 513 Å². The minimum absolute atomic E-state index is 0.0854. The van der Waals surface area contributed by atoms with E-state index < -0.39 is 6.10 Å². The predicted molar refractivity (Wildman–Crippen MR) is 362 cm³/mol. The molecule has 1 atom stereocenters. The molecule has 474 valence electrons. The minimum atomic E-state index is -0.790. The highest BCUT2D eigenvalue weighted by atomic mass is 16.6. The van der Waals surface area contributed by atoms with Gasteiger partial charge in [0, 0.05) is 19.3 Å². The normalized spacial score (nSPS) is 12.9. The third-order valence-electron chi connectivity index (χ3n) is 14.9. The predicted octanol–water partition coefficient (Wildman–Crippen LogP) is 24.3. The molecule has 0 aromatic rings. The first-order chi connectivity index (χ1) is 41.0. The molecule has 0 radical (unpaired) electrons. The fourth-order valence-electron chi connectivity index (χ4n) is 9.68. The van der Waals surface area contributed by atoms with Crippen LogP contribution in [0.15, 0.2) is 122 Å². The van der Waals surface area contributed by atoms with E-state index in [-0.39, 0.29) is 31.1 Å². The molecule has 6 nitrogen and oxygen atoms in total. The molecular weight excluding hydrogens is 1020 g/mol. The molecule has 0 heterocycles. The zero-order chi connectivity index (χ0) is 59.9. The van der Waals surface area contributed by atoms with Gasteiger partial charge in [0.15, 0.2) is 6.10 Å². The summed E-state index contributed by atoms with van der Waals surface area (Å²) in [5, 5.41) is 0. The molecule has 0 fully saturated rings. The zero-order valence-electron chi connectivity index (χ0n) is 54.4. The van der Waals surface area contributed by atoms with Crippen molar-refractivity contribution in [1.29, 1.82) is 0 Å². The summed E-state index contributed by atoms with van der Waals surface area (Å²) < 4.78 is 17.0. The van der Waals surface area contributed by atoms with E-state index in [1.165, 1.54) is 167 Å². The quantitative estimate of drug-likeness (QED) is 0.0261. The van der Waals surface area contributed by atoms with Crippen LogP contribution in [-0.2, 0) is 28.6 Å². The summed E-state index contributed by atoms with van der Waals surface area (Å²) >= 11 is 0. The Bertz CT molecular complexity index is 1700. The maximum Gasteiger partial charge on any atom is 0.306 e. The molecule has 0 aromatic heterocycles. The van der Waals surface area contributed by atoms with Crippen molar-refractivity contribution in [2.24, 2.45) is 0 Å². The van der Waals surface area contributed by atoms with E-state index in [9.17, 15) is 14.4 Å². The smallest absolute Gasteiger partial charge is 0.306 e. The van der Waals surface area contributed by atoms with Gasteiger partial charge in [-0.05, 0) is 135 Å². The van der Waals surface area contributed by atoms with Crippen molar-refractivity contribution < 1.29 is 28.6 Å². The maximum atomic E-state index is 12.9. The molecule has 0 saturated heterocycles. The number of unbranched alkanes of at least 4 members (excludes halogenated alkanes) is 32. The number of hydrogen-bond donors (Lipinski definition) is 0. The van der Waals surface area contributed by atoms with Gasteiger partial charge in [-0.25, -0.2) is 0 Å². The van der Waals surface area contributed by atoms with Crippen LogP contribution in [0.3, 0.4) is 0 Å². The molecule has 0 aliphatic carbocycles. The molecule has 0 aromatic carbocycles. The lowest BCUT2D eigenvalue weighted by Gasteiger charge is -2.18. The maximum absolute atomic E-state index is 12.9. The zero-order valence-corrected chi connectivity index (χ0v) is 54.4. The lowest BCUT2D eigenvalue weighted by Crippen LogP contribution is -2.30. The fraction of sp³-hybridized carbons (Fsp3) is 0.701. The van der Waals surface area contributed by atoms with Gasteiger partial charge in [-0.3, -0.25) is 14.4 Å². The average molecular weight is 1150 g/mol. The first-order valence-electron chi connectivity index (χ1n) is 35.0. The number of ether oxygens (including phenoxy) is 3. The van der Waals surface area contributed by atoms with E-state index in [2.05, 4.69) is 142 Å². The standard InChI is InChI=1S/C77H130O6/c1-4-7-10-13-16-19-22-25-28-30-31-32-33-34-35-36-37-38-39-40-41-42-43-44-45-47-49-52-55-58-61-64-67-70-76(79)82-73-74(72-81-75(78)69-66-63-60-57-54-51-48-27-24-21-18-15-12-9-6-3)83-77(80)71-68-65-62-59-56-53-50-46-29-26-23-20-17-14-11-8-5-2/h7,10,16-17,19-20,25-29,31-32,34-35,37-38,40-41,48,74H,4-6,8-9,11-15,18,21-24,30,33,36,39,42-47,49-73H2,1-3H3/b10-7-,19-16-,20-17-,28-25-,29-26-,32-31-,35-34-,38-37-,41-40-,48-27-. The SMILES string of the molecule is CC/C=C\C/C=C\C/C=C\C/C=C\C/C=C\C/C=C\C/C=C\CCCCCCCCCCCCCC(=O)OCC(COC(=O)CCCCCCC/C=C\CCCCCCCC)OC(=O)CCCCCCCCC/C=C\C/C=C\CCCCC. The summed E-state index contributed by atoms with van der Waals surface area (Å²) in [4.78, 5) is 38.4. The molecular formula is C77H130O6. The van der Waals surface area contributed by atoms with Crippen LogP contribution in [0.4, 0.5) is 0 Å². The van der Waals surface area contributed by atoms with E-state index in [1.54, 1.807) is 0 Å². The number of allylic oxidation sites excluding steroid dienone is 20. The third-order valence-corrected chi connectivity index (χ3v) is 14.9. The molecule has 0 N–H and O–H groups in total. The van der Waals surface area contributed by atoms with E-state index >= 15 is 0 Å². The van der Waals surface area contributed by atoms with E-state index in [0.717, 1.165) is 122 Å². The highest BCUT2D eigenvalue weighted by molar-refractivity contribution is 5.71. The number of hydrogen-bond acceptors (Lipinski definition) is 6. The summed E-state index contributed by atoms with van der Waals surface area (Å²) in [5.41, 5.74) is 0. The van der Waals surface area contributed by atoms with Gasteiger partial charge in [-0.15, -0.1) is 0 Å². The van der Waals surface area contributed by atoms with Crippen LogP contribution >= 0.6 is 0 Å². The summed E-state index contributed by atoms with van der Waals surface area (Å²) in [6.07, 6.45) is 97.9. The van der Waals surface area contributed by atoms with Crippen molar-refractivity contribution in [2.75, 3.05) is 13.2 Å². The van der Waals surface area contributed by atoms with Crippen molar-refractivity contribution >= 4 is 17.9 Å². The van der Waals surface area contributed by atoms with Crippen molar-refractivity contribution in [2.45, 2.75) is 335 Å². The first-order valence-corrected chi connectivity index (χ1v) is 35.0. The van der Waals surface area contributed by atoms with Gasteiger partial charge in [0.25, 0.3) is 0 Å². The fourth-order valence-corrected chi connectivity index (χ4v) is 9.68. The lowest BCUT2D eigenvalue weighted by molar-refractivity contribution is -0.167. The molecule has 0 saturated carbocycles. The van der Waals surface area contributed by atoms with Crippen LogP contribution in [0.1, 0.15) is 329 Å². The van der Waals surface area contributed by atoms with Crippen LogP contribution < -0.4 is 0 Å². The first kappa shape index (κ1) is 78.8. The second kappa shape index (κ2) is 70.3. The van der Waals surface area contributed by atoms with Crippen molar-refractivity contribution in [3.8, 4) is 0 Å². The van der Waals surface area contributed by atoms with E-state index in [0.29, 0.717) is 19.3 Å². The Kier molecular flexibility index (Phi) is 66.7. The largest absolute Gasteiger partial charge is 0.462 e. The average Bonchev–Trinajstić information content (AvgIpc) is 3.49. The second-order valence-corrected chi connectivity index (χ2v) is 23.1. The van der Waals surface area contributed by atoms with Crippen LogP contribution in [0.2, 0.25) is 0 Å². The van der Waals surface area contributed by atoms with E-state index in [4.69, 9.17) is 14.2 Å². The highest BCUT2D eigenvalue weighted by Gasteiger charge is 2.19. The van der Waals surface area contributed by atoms with Crippen molar-refractivity contribution in [3.63, 3.8) is 0 Å². The number of carbonyl (C=O) groups excluding carboxylic acids is 3. The Morgan fingerprint density at radius 2 is 0.470 bits per heavy atom. The Balaban J connectivity index is 4.28. The Hall–Kier alpha value is -4.19. The van der Waals surface area contributed by atoms with E-state index in [1.807, 2.05) is 0 Å². The van der Waals surface area contributed by atoms with Crippen LogP contribution in [0.5, 0.6) is 0 Å². The Morgan fingerprint density at radius 3 is 0.771 bits per heavy atom. The van der Waals surface area contributed by atoms with Gasteiger partial charge < -0.3 is 14.2 Å². The number of esters is 3. The molecule has 83 heavy (non-hydrogen) atoms. The summed E-state index contributed by atoms with van der Waals surface area (Å²) in [7, 11) is 0. The molecule has 0 aliphatic rings. The summed E-state index contributed by atoms with van der Waals surface area (Å²) in [6.45, 7) is 6.51. The van der Waals surface area contributed by atoms with Gasteiger partial charge in [0.2, 0.25) is 0 Å². The van der Waals surface area contributed by atoms with Gasteiger partial charge in [-0.2, -0.15) is 0 Å². The topological polar surface area (TPSA) is 78.9 Å². The lowest BCUT2D eigenvalue weighted by atomic mass is 10.0. The number of carbonyl (C=O) groups is 3. The molecule has 0 bridgehead atoms. The molecule has 1 unspecified atom stereocenters. The van der Waals surface area contributed by atoms with Crippen LogP contribution in [-0.4, -0.2) is 37.2 Å². The van der Waals surface area contributed by atoms with Crippen LogP contribution in [0.25, 0.3) is 0 Å². The summed E-state index contributed by atoms with van der Waals surface area (Å²) in [6, 6.07) is 0. The molecule has 6 heteroatoms. The van der Waals surface area contributed by atoms with Crippen molar-refractivity contribution in [3.05, 3.63) is 122 Å². The second-order valence-electron chi connectivity index (χ2n) is 23.1. The molecule has 0 spiro atoms. The monoisotopic (exact) mass is 1150 g/mol. The van der Waals surface area contributed by atoms with Gasteiger partial charge >= 0.3 is 17.9 Å². The highest BCUT2D eigenvalue weighted by Crippen LogP contribution is 2.16. The molecule has 0 amide bonds. The van der Waals surface area contributed by atoms with Gasteiger partial charge in [0.05, 0.1) is 0 Å². The Morgan fingerprint density at radius 1 is 0.253 bits per heavy atom.